The van der Waals surface area contributed by atoms with Crippen molar-refractivity contribution in [3.05, 3.63) is 24.0 Å². The lowest BCUT2D eigenvalue weighted by Crippen LogP contribution is -2.38. The Morgan fingerprint density at radius 2 is 2.05 bits per heavy atom. The highest BCUT2D eigenvalue weighted by molar-refractivity contribution is 5.76. The molecule has 1 saturated heterocycles. The van der Waals surface area contributed by atoms with Gasteiger partial charge in [-0.05, 0) is 43.9 Å². The Kier molecular flexibility index (Phi) is 5.65. The fourth-order valence-electron chi connectivity index (χ4n) is 2.64. The Morgan fingerprint density at radius 3 is 2.75 bits per heavy atom. The molecule has 1 aliphatic rings. The van der Waals surface area contributed by atoms with Crippen molar-refractivity contribution in [1.29, 1.82) is 0 Å². The van der Waals surface area contributed by atoms with Gasteiger partial charge in [-0.2, -0.15) is 0 Å². The average molecular weight is 277 g/mol. The minimum absolute atomic E-state index is 0.256. The van der Waals surface area contributed by atoms with E-state index in [1.807, 2.05) is 17.2 Å². The molecular formula is C16H27N3O. The van der Waals surface area contributed by atoms with Crippen LogP contribution in [0.5, 0.6) is 0 Å². The maximum Gasteiger partial charge on any atom is 0.242 e. The quantitative estimate of drug-likeness (QED) is 0.866. The lowest BCUT2D eigenvalue weighted by Gasteiger charge is -2.27. The fraction of sp³-hybridized carbons (Fsp3) is 0.688. The maximum absolute atomic E-state index is 12.3. The van der Waals surface area contributed by atoms with Crippen LogP contribution in [0.2, 0.25) is 0 Å². The van der Waals surface area contributed by atoms with Crippen LogP contribution in [-0.2, 0) is 17.9 Å². The average Bonchev–Trinajstić information content (AvgIpc) is 2.87. The molecule has 0 aromatic carbocycles. The molecule has 1 aromatic heterocycles. The van der Waals surface area contributed by atoms with Crippen LogP contribution in [-0.4, -0.2) is 35.0 Å². The highest BCUT2D eigenvalue weighted by Crippen LogP contribution is 2.10. The SMILES string of the molecule is CC(C)CNCc1cccn1CC(=O)N1CCCCC1. The smallest absolute Gasteiger partial charge is 0.242 e. The highest BCUT2D eigenvalue weighted by atomic mass is 16.2. The van der Waals surface area contributed by atoms with Crippen molar-refractivity contribution in [2.24, 2.45) is 5.92 Å². The number of nitrogens with zero attached hydrogens (tertiary/aromatic N) is 2. The van der Waals surface area contributed by atoms with Gasteiger partial charge in [-0.1, -0.05) is 13.8 Å². The van der Waals surface area contributed by atoms with Gasteiger partial charge in [-0.25, -0.2) is 0 Å². The summed E-state index contributed by atoms with van der Waals surface area (Å²) in [6, 6.07) is 4.12. The van der Waals surface area contributed by atoms with Crippen molar-refractivity contribution in [3.8, 4) is 0 Å². The minimum Gasteiger partial charge on any atom is -0.341 e. The molecule has 0 saturated carbocycles. The zero-order valence-electron chi connectivity index (χ0n) is 12.8. The van der Waals surface area contributed by atoms with E-state index in [4.69, 9.17) is 0 Å². The molecule has 2 heterocycles. The van der Waals surface area contributed by atoms with E-state index in [9.17, 15) is 4.79 Å². The van der Waals surface area contributed by atoms with E-state index in [1.54, 1.807) is 0 Å². The van der Waals surface area contributed by atoms with Crippen molar-refractivity contribution < 1.29 is 4.79 Å². The molecule has 112 valence electrons. The lowest BCUT2D eigenvalue weighted by molar-refractivity contribution is -0.132. The predicted octanol–water partition coefficient (Wildman–Crippen LogP) is 2.25. The molecule has 1 aromatic rings. The van der Waals surface area contributed by atoms with Crippen molar-refractivity contribution in [2.45, 2.75) is 46.2 Å². The number of hydrogen-bond donors (Lipinski definition) is 1. The van der Waals surface area contributed by atoms with Crippen LogP contribution in [0.15, 0.2) is 18.3 Å². The van der Waals surface area contributed by atoms with Gasteiger partial charge >= 0.3 is 0 Å². The molecule has 20 heavy (non-hydrogen) atoms. The Morgan fingerprint density at radius 1 is 1.30 bits per heavy atom. The number of rotatable bonds is 6. The maximum atomic E-state index is 12.3. The fourth-order valence-corrected chi connectivity index (χ4v) is 2.64. The number of piperidine rings is 1. The standard InChI is InChI=1S/C16H27N3O/c1-14(2)11-17-12-15-7-6-10-19(15)13-16(20)18-8-4-3-5-9-18/h6-7,10,14,17H,3-5,8-9,11-13H2,1-2H3. The summed E-state index contributed by atoms with van der Waals surface area (Å²) >= 11 is 0. The first kappa shape index (κ1) is 15.1. The molecule has 2 rings (SSSR count). The number of hydrogen-bond acceptors (Lipinski definition) is 2. The number of amides is 1. The molecule has 0 bridgehead atoms. The molecule has 1 aliphatic heterocycles. The van der Waals surface area contributed by atoms with E-state index in [0.717, 1.165) is 39.0 Å². The predicted molar refractivity (Wildman–Crippen MR) is 81.4 cm³/mol. The van der Waals surface area contributed by atoms with E-state index in [-0.39, 0.29) is 5.91 Å². The summed E-state index contributed by atoms with van der Waals surface area (Å²) in [5.41, 5.74) is 1.19. The summed E-state index contributed by atoms with van der Waals surface area (Å²) in [5, 5.41) is 3.43. The third-order valence-corrected chi connectivity index (χ3v) is 3.80. The number of nitrogens with one attached hydrogen (secondary N) is 1. The molecule has 4 nitrogen and oxygen atoms in total. The Hall–Kier alpha value is -1.29. The zero-order valence-corrected chi connectivity index (χ0v) is 12.8. The molecule has 0 spiro atoms. The van der Waals surface area contributed by atoms with Crippen LogP contribution in [0.1, 0.15) is 38.8 Å². The van der Waals surface area contributed by atoms with Gasteiger partial charge in [0.2, 0.25) is 5.91 Å². The Labute approximate surface area is 122 Å². The van der Waals surface area contributed by atoms with Gasteiger partial charge in [0.05, 0.1) is 0 Å². The minimum atomic E-state index is 0.256. The van der Waals surface area contributed by atoms with Gasteiger partial charge < -0.3 is 14.8 Å². The molecule has 4 heteroatoms. The van der Waals surface area contributed by atoms with Crippen LogP contribution >= 0.6 is 0 Å². The molecular weight excluding hydrogens is 250 g/mol. The first-order valence-electron chi connectivity index (χ1n) is 7.79. The number of carbonyl (C=O) groups is 1. The van der Waals surface area contributed by atoms with E-state index >= 15 is 0 Å². The molecule has 1 amide bonds. The Balaban J connectivity index is 1.85. The van der Waals surface area contributed by atoms with Crippen LogP contribution in [0.25, 0.3) is 0 Å². The molecule has 0 atom stereocenters. The number of aromatic nitrogens is 1. The topological polar surface area (TPSA) is 37.3 Å². The van der Waals surface area contributed by atoms with Crippen LogP contribution in [0.3, 0.4) is 0 Å². The third kappa shape index (κ3) is 4.37. The number of likely N-dealkylation sites (tertiary alicyclic amines) is 1. The zero-order chi connectivity index (χ0) is 14.4. The molecule has 1 fully saturated rings. The van der Waals surface area contributed by atoms with Crippen molar-refractivity contribution in [2.75, 3.05) is 19.6 Å². The second-order valence-electron chi connectivity index (χ2n) is 6.09. The summed E-state index contributed by atoms with van der Waals surface area (Å²) in [6.45, 7) is 8.58. The van der Waals surface area contributed by atoms with E-state index < -0.39 is 0 Å². The van der Waals surface area contributed by atoms with Crippen LogP contribution < -0.4 is 5.32 Å². The van der Waals surface area contributed by atoms with Gasteiger partial charge in [0.15, 0.2) is 0 Å². The van der Waals surface area contributed by atoms with Crippen LogP contribution in [0.4, 0.5) is 0 Å². The van der Waals surface area contributed by atoms with Crippen LogP contribution in [0, 0.1) is 5.92 Å². The van der Waals surface area contributed by atoms with Gasteiger partial charge in [-0.15, -0.1) is 0 Å². The van der Waals surface area contributed by atoms with Gasteiger partial charge in [0.1, 0.15) is 6.54 Å². The van der Waals surface area contributed by atoms with Gasteiger partial charge in [0.25, 0.3) is 0 Å². The highest BCUT2D eigenvalue weighted by Gasteiger charge is 2.17. The second-order valence-corrected chi connectivity index (χ2v) is 6.09. The molecule has 0 radical (unpaired) electrons. The lowest BCUT2D eigenvalue weighted by atomic mass is 10.1. The summed E-state index contributed by atoms with van der Waals surface area (Å²) in [7, 11) is 0. The summed E-state index contributed by atoms with van der Waals surface area (Å²) in [5.74, 6) is 0.902. The molecule has 0 aliphatic carbocycles. The first-order valence-corrected chi connectivity index (χ1v) is 7.79. The van der Waals surface area contributed by atoms with Gasteiger partial charge in [0, 0.05) is 31.5 Å². The van der Waals surface area contributed by atoms with E-state index in [2.05, 4.69) is 29.8 Å². The van der Waals surface area contributed by atoms with Crippen molar-refractivity contribution in [3.63, 3.8) is 0 Å². The Bertz CT molecular complexity index is 419. The molecule has 0 unspecified atom stereocenters. The van der Waals surface area contributed by atoms with E-state index in [1.165, 1.54) is 12.1 Å². The third-order valence-electron chi connectivity index (χ3n) is 3.80. The van der Waals surface area contributed by atoms with Crippen molar-refractivity contribution >= 4 is 5.91 Å². The van der Waals surface area contributed by atoms with E-state index in [0.29, 0.717) is 12.5 Å². The monoisotopic (exact) mass is 277 g/mol. The summed E-state index contributed by atoms with van der Waals surface area (Å²) < 4.78 is 2.07. The number of carbonyl (C=O) groups excluding carboxylic acids is 1. The van der Waals surface area contributed by atoms with Crippen molar-refractivity contribution in [1.82, 2.24) is 14.8 Å². The second kappa shape index (κ2) is 7.48. The largest absolute Gasteiger partial charge is 0.341 e. The van der Waals surface area contributed by atoms with Gasteiger partial charge in [-0.3, -0.25) is 4.79 Å². The summed E-state index contributed by atoms with van der Waals surface area (Å²) in [4.78, 5) is 14.3. The normalized spacial score (nSPS) is 15.8. The summed E-state index contributed by atoms with van der Waals surface area (Å²) in [6.07, 6.45) is 5.58. The first-order chi connectivity index (χ1) is 9.66. The molecule has 1 N–H and O–H groups in total.